The lowest BCUT2D eigenvalue weighted by atomic mass is 9.78. The van der Waals surface area contributed by atoms with Crippen molar-refractivity contribution in [3.63, 3.8) is 0 Å². The molecule has 1 aliphatic rings. The summed E-state index contributed by atoms with van der Waals surface area (Å²) in [5.74, 6) is 0.920. The number of amidine groups is 1. The minimum atomic E-state index is -0.286. The first-order valence-corrected chi connectivity index (χ1v) is 12.2. The molecule has 1 heterocycles. The van der Waals surface area contributed by atoms with Crippen molar-refractivity contribution >= 4 is 28.6 Å². The van der Waals surface area contributed by atoms with Gasteiger partial charge < -0.3 is 14.7 Å². The van der Waals surface area contributed by atoms with Gasteiger partial charge >= 0.3 is 0 Å². The average molecular weight is 546 g/mol. The zero-order valence-electron chi connectivity index (χ0n) is 22.0. The number of rotatable bonds is 8. The van der Waals surface area contributed by atoms with Gasteiger partial charge in [-0.05, 0) is 41.4 Å². The number of nitrogens with one attached hydrogen (secondary N) is 1. The van der Waals surface area contributed by atoms with Crippen LogP contribution in [0.15, 0.2) is 42.5 Å². The number of Topliss-reactive ketones (excluding diaryl/α,β-unsaturated/α-hetero) is 1. The molecule has 5 nitrogen and oxygen atoms in total. The van der Waals surface area contributed by atoms with E-state index in [9.17, 15) is 9.90 Å². The number of carbonyl (C=O) groups is 1. The number of nitrogens with zero attached hydrogens (tertiary/aromatic N) is 1. The van der Waals surface area contributed by atoms with Gasteiger partial charge in [0, 0.05) is 35.8 Å². The average Bonchev–Trinajstić information content (AvgIpc) is 3.09. The predicted octanol–water partition coefficient (Wildman–Crippen LogP) is 6.65. The second kappa shape index (κ2) is 11.7. The molecule has 1 saturated heterocycles. The van der Waals surface area contributed by atoms with Crippen LogP contribution in [0.5, 0.6) is 5.75 Å². The number of benzene rings is 2. The summed E-state index contributed by atoms with van der Waals surface area (Å²) in [5, 5.41) is 19.5. The minimum absolute atomic E-state index is 0. The molecular weight excluding hydrogens is 504 g/mol. The van der Waals surface area contributed by atoms with E-state index in [1.54, 1.807) is 0 Å². The van der Waals surface area contributed by atoms with E-state index in [4.69, 9.17) is 10.1 Å². The third kappa shape index (κ3) is 7.40. The molecule has 0 saturated carbocycles. The van der Waals surface area contributed by atoms with Gasteiger partial charge in [-0.1, -0.05) is 71.9 Å². The Morgan fingerprint density at radius 2 is 1.63 bits per heavy atom. The first-order valence-electron chi connectivity index (χ1n) is 12.2. The molecule has 2 N–H and O–H groups in total. The molecule has 0 spiro atoms. The molecule has 2 aromatic rings. The van der Waals surface area contributed by atoms with Gasteiger partial charge in [0.1, 0.15) is 5.75 Å². The number of carbonyl (C=O) groups excluding carboxylic acids is 1. The summed E-state index contributed by atoms with van der Waals surface area (Å²) in [7, 11) is 0. The number of hydrogen-bond donors (Lipinski definition) is 2. The monoisotopic (exact) mass is 544 g/mol. The van der Waals surface area contributed by atoms with E-state index < -0.39 is 0 Å². The van der Waals surface area contributed by atoms with Gasteiger partial charge in [0.05, 0.1) is 19.0 Å². The lowest BCUT2D eigenvalue weighted by Crippen LogP contribution is -2.33. The van der Waals surface area contributed by atoms with Gasteiger partial charge in [-0.25, -0.2) is 0 Å². The molecule has 1 aliphatic heterocycles. The Hall–Kier alpha value is -2.18. The zero-order valence-corrected chi connectivity index (χ0v) is 23.7. The summed E-state index contributed by atoms with van der Waals surface area (Å²) < 4.78 is 5.81. The Balaban J connectivity index is 0.00000432. The van der Waals surface area contributed by atoms with Crippen LogP contribution in [0.1, 0.15) is 81.4 Å². The van der Waals surface area contributed by atoms with Gasteiger partial charge in [-0.3, -0.25) is 10.2 Å². The maximum atomic E-state index is 13.3. The fourth-order valence-electron chi connectivity index (χ4n) is 4.47. The predicted molar refractivity (Wildman–Crippen MR) is 148 cm³/mol. The SMILES string of the molecule is Br.CC(C)(C)c1cc(C(=O)CN2CCC(CCOCc3ccccc3)C2=N)cc(C(C)(C)C)c1O. The molecule has 2 aromatic carbocycles. The van der Waals surface area contributed by atoms with Crippen molar-refractivity contribution in [3.8, 4) is 5.75 Å². The molecular formula is C29H41BrN2O3. The molecule has 0 radical (unpaired) electrons. The third-order valence-corrected chi connectivity index (χ3v) is 6.58. The molecule has 192 valence electrons. The van der Waals surface area contributed by atoms with Gasteiger partial charge in [-0.2, -0.15) is 0 Å². The number of ketones is 1. The minimum Gasteiger partial charge on any atom is -0.507 e. The van der Waals surface area contributed by atoms with Crippen LogP contribution < -0.4 is 0 Å². The van der Waals surface area contributed by atoms with Crippen molar-refractivity contribution in [3.05, 3.63) is 64.7 Å². The highest BCUT2D eigenvalue weighted by molar-refractivity contribution is 8.93. The van der Waals surface area contributed by atoms with Crippen LogP contribution in [0.3, 0.4) is 0 Å². The fourth-order valence-corrected chi connectivity index (χ4v) is 4.47. The van der Waals surface area contributed by atoms with Crippen LogP contribution in [-0.2, 0) is 22.2 Å². The standard InChI is InChI=1S/C29H40N2O3.BrH/c1-28(2,3)23-16-22(17-24(26(23)33)29(4,5)6)25(32)18-31-14-12-21(27(31)30)13-15-34-19-20-10-8-7-9-11-20;/h7-11,16-17,21,30,33H,12-15,18-19H2,1-6H3;1H. The van der Waals surface area contributed by atoms with Gasteiger partial charge in [-0.15, -0.1) is 17.0 Å². The topological polar surface area (TPSA) is 73.6 Å². The molecule has 35 heavy (non-hydrogen) atoms. The summed E-state index contributed by atoms with van der Waals surface area (Å²) in [5.41, 5.74) is 2.75. The Morgan fingerprint density at radius 3 is 2.17 bits per heavy atom. The number of halogens is 1. The van der Waals surface area contributed by atoms with Crippen LogP contribution in [0, 0.1) is 11.3 Å². The summed E-state index contributed by atoms with van der Waals surface area (Å²) in [6, 6.07) is 13.8. The molecule has 6 heteroatoms. The van der Waals surface area contributed by atoms with Crippen molar-refractivity contribution in [1.82, 2.24) is 4.90 Å². The summed E-state index contributed by atoms with van der Waals surface area (Å²) >= 11 is 0. The summed E-state index contributed by atoms with van der Waals surface area (Å²) in [6.07, 6.45) is 1.66. The highest BCUT2D eigenvalue weighted by atomic mass is 79.9. The number of phenols is 1. The van der Waals surface area contributed by atoms with Crippen molar-refractivity contribution in [2.75, 3.05) is 19.7 Å². The Labute approximate surface area is 221 Å². The quantitative estimate of drug-likeness (QED) is 0.288. The third-order valence-electron chi connectivity index (χ3n) is 6.58. The van der Waals surface area contributed by atoms with E-state index in [-0.39, 0.29) is 51.8 Å². The maximum Gasteiger partial charge on any atom is 0.182 e. The molecule has 1 fully saturated rings. The highest BCUT2D eigenvalue weighted by Crippen LogP contribution is 2.40. The van der Waals surface area contributed by atoms with E-state index in [2.05, 4.69) is 0 Å². The highest BCUT2D eigenvalue weighted by Gasteiger charge is 2.31. The summed E-state index contributed by atoms with van der Waals surface area (Å²) in [6.45, 7) is 14.4. The maximum absolute atomic E-state index is 13.3. The van der Waals surface area contributed by atoms with Crippen LogP contribution >= 0.6 is 17.0 Å². The first kappa shape index (κ1) is 29.1. The van der Waals surface area contributed by atoms with Crippen LogP contribution in [0.2, 0.25) is 0 Å². The number of aromatic hydroxyl groups is 1. The largest absolute Gasteiger partial charge is 0.507 e. The number of likely N-dealkylation sites (tertiary alicyclic amines) is 1. The lowest BCUT2D eigenvalue weighted by Gasteiger charge is -2.28. The van der Waals surface area contributed by atoms with Crippen LogP contribution in [0.25, 0.3) is 0 Å². The molecule has 0 amide bonds. The smallest absolute Gasteiger partial charge is 0.182 e. The number of phenolic OH excluding ortho intramolecular Hbond substituents is 1. The Bertz CT molecular complexity index is 987. The first-order chi connectivity index (χ1) is 15.9. The van der Waals surface area contributed by atoms with Crippen LogP contribution in [0.4, 0.5) is 0 Å². The van der Waals surface area contributed by atoms with E-state index in [0.29, 0.717) is 31.2 Å². The van der Waals surface area contributed by atoms with Crippen molar-refractivity contribution in [2.45, 2.75) is 71.8 Å². The normalized spacial score (nSPS) is 16.3. The molecule has 0 aliphatic carbocycles. The van der Waals surface area contributed by atoms with Gasteiger partial charge in [0.15, 0.2) is 5.78 Å². The second-order valence-electron chi connectivity index (χ2n) is 11.5. The zero-order chi connectivity index (χ0) is 25.1. The summed E-state index contributed by atoms with van der Waals surface area (Å²) in [4.78, 5) is 15.2. The van der Waals surface area contributed by atoms with E-state index in [1.807, 2.05) is 88.9 Å². The number of ether oxygens (including phenoxy) is 1. The van der Waals surface area contributed by atoms with E-state index >= 15 is 0 Å². The Morgan fingerprint density at radius 1 is 1.06 bits per heavy atom. The second-order valence-corrected chi connectivity index (χ2v) is 11.5. The molecule has 3 rings (SSSR count). The molecule has 0 aromatic heterocycles. The lowest BCUT2D eigenvalue weighted by molar-refractivity contribution is 0.0965. The number of hydrogen-bond acceptors (Lipinski definition) is 4. The van der Waals surface area contributed by atoms with Crippen molar-refractivity contribution in [2.24, 2.45) is 5.92 Å². The Kier molecular flexibility index (Phi) is 9.71. The molecule has 0 bridgehead atoms. The van der Waals surface area contributed by atoms with Crippen LogP contribution in [-0.4, -0.2) is 41.3 Å². The van der Waals surface area contributed by atoms with Gasteiger partial charge in [0.2, 0.25) is 0 Å². The van der Waals surface area contributed by atoms with E-state index in [0.717, 1.165) is 29.5 Å². The molecule has 1 atom stereocenters. The fraction of sp³-hybridized carbons (Fsp3) is 0.517. The van der Waals surface area contributed by atoms with Crippen molar-refractivity contribution < 1.29 is 14.6 Å². The molecule has 1 unspecified atom stereocenters. The van der Waals surface area contributed by atoms with Crippen molar-refractivity contribution in [1.29, 1.82) is 5.41 Å². The van der Waals surface area contributed by atoms with E-state index in [1.165, 1.54) is 0 Å². The van der Waals surface area contributed by atoms with Gasteiger partial charge in [0.25, 0.3) is 0 Å².